The Morgan fingerprint density at radius 2 is 1.64 bits per heavy atom. The molecule has 33 heavy (non-hydrogen) atoms. The fourth-order valence-corrected chi connectivity index (χ4v) is 4.90. The van der Waals surface area contributed by atoms with Crippen LogP contribution in [0, 0.1) is 5.82 Å². The van der Waals surface area contributed by atoms with Crippen LogP contribution in [0.3, 0.4) is 0 Å². The summed E-state index contributed by atoms with van der Waals surface area (Å²) in [4.78, 5) is 0. The molecule has 0 saturated carbocycles. The molecule has 0 bridgehead atoms. The van der Waals surface area contributed by atoms with Crippen LogP contribution in [0.1, 0.15) is 73.6 Å². The average molecular weight is 459 g/mol. The molecule has 4 rings (SSSR count). The molecular formula is C28H30F4O. The number of hydrogen-bond acceptors (Lipinski definition) is 1. The number of rotatable bonds is 8. The molecule has 1 unspecified atom stereocenters. The van der Waals surface area contributed by atoms with Gasteiger partial charge in [0.2, 0.25) is 0 Å². The Labute approximate surface area is 192 Å². The third-order valence-corrected chi connectivity index (χ3v) is 6.68. The Kier molecular flexibility index (Phi) is 7.26. The van der Waals surface area contributed by atoms with Crippen LogP contribution >= 0.6 is 0 Å². The van der Waals surface area contributed by atoms with Crippen molar-refractivity contribution in [2.24, 2.45) is 0 Å². The normalized spacial score (nSPS) is 16.1. The lowest BCUT2D eigenvalue weighted by atomic mass is 9.79. The van der Waals surface area contributed by atoms with E-state index in [-0.39, 0.29) is 5.92 Å². The van der Waals surface area contributed by atoms with E-state index in [1.54, 1.807) is 0 Å². The summed E-state index contributed by atoms with van der Waals surface area (Å²) in [6.07, 6.45) is 4.59. The summed E-state index contributed by atoms with van der Waals surface area (Å²) in [6, 6.07) is 15.6. The summed E-state index contributed by atoms with van der Waals surface area (Å²) >= 11 is 0. The predicted octanol–water partition coefficient (Wildman–Crippen LogP) is 8.66. The number of ether oxygens (including phenoxy) is 1. The molecule has 5 heteroatoms. The molecule has 1 nitrogen and oxygen atoms in total. The fourth-order valence-electron chi connectivity index (χ4n) is 4.90. The Balaban J connectivity index is 1.45. The van der Waals surface area contributed by atoms with Gasteiger partial charge in [0.25, 0.3) is 0 Å². The molecule has 0 fully saturated rings. The predicted molar refractivity (Wildman–Crippen MR) is 124 cm³/mol. The molecule has 0 radical (unpaired) electrons. The number of unbranched alkanes of at least 4 members (excludes halogenated alkanes) is 4. The second kappa shape index (κ2) is 10.1. The number of fused-ring (bicyclic) bond motifs is 2. The first-order valence-electron chi connectivity index (χ1n) is 11.9. The Morgan fingerprint density at radius 3 is 2.42 bits per heavy atom. The van der Waals surface area contributed by atoms with Gasteiger partial charge in [0, 0.05) is 0 Å². The van der Waals surface area contributed by atoms with Crippen LogP contribution < -0.4 is 4.74 Å². The third kappa shape index (κ3) is 6.07. The van der Waals surface area contributed by atoms with E-state index < -0.39 is 17.9 Å². The van der Waals surface area contributed by atoms with Gasteiger partial charge < -0.3 is 4.74 Å². The summed E-state index contributed by atoms with van der Waals surface area (Å²) in [6.45, 7) is 2.23. The van der Waals surface area contributed by atoms with Crippen LogP contribution in [0.4, 0.5) is 17.6 Å². The van der Waals surface area contributed by atoms with E-state index in [9.17, 15) is 17.6 Å². The Morgan fingerprint density at radius 1 is 0.879 bits per heavy atom. The highest BCUT2D eigenvalue weighted by Crippen LogP contribution is 2.37. The van der Waals surface area contributed by atoms with E-state index in [2.05, 4.69) is 48.1 Å². The summed E-state index contributed by atoms with van der Waals surface area (Å²) in [7, 11) is 0. The van der Waals surface area contributed by atoms with E-state index in [1.807, 2.05) is 0 Å². The zero-order chi connectivity index (χ0) is 23.4. The molecule has 0 spiro atoms. The molecule has 0 N–H and O–H groups in total. The smallest absolute Gasteiger partial charge is 0.403 e. The van der Waals surface area contributed by atoms with Crippen molar-refractivity contribution in [3.8, 4) is 5.75 Å². The van der Waals surface area contributed by atoms with Gasteiger partial charge in [0.05, 0.1) is 0 Å². The van der Waals surface area contributed by atoms with E-state index in [4.69, 9.17) is 0 Å². The standard InChI is InChI=1S/C28H30F4O/c1-2-3-4-5-6-7-19-8-9-21-15-22(11-10-20(21)14-19)23-12-13-24-18-27(33-28(30,31)32)26(29)17-25(24)16-23/h8-11,14-15,17-18,23H,2-7,12-13,16H2,1H3. The number of halogens is 4. The van der Waals surface area contributed by atoms with Crippen molar-refractivity contribution in [1.82, 2.24) is 0 Å². The van der Waals surface area contributed by atoms with Gasteiger partial charge in [-0.05, 0) is 83.2 Å². The maximum Gasteiger partial charge on any atom is 0.573 e. The van der Waals surface area contributed by atoms with Gasteiger partial charge in [0.15, 0.2) is 11.6 Å². The van der Waals surface area contributed by atoms with Gasteiger partial charge >= 0.3 is 6.36 Å². The van der Waals surface area contributed by atoms with E-state index in [0.717, 1.165) is 24.0 Å². The Bertz CT molecular complexity index is 1100. The first kappa shape index (κ1) is 23.6. The molecule has 0 amide bonds. The number of benzene rings is 3. The first-order valence-corrected chi connectivity index (χ1v) is 11.9. The molecule has 3 aromatic carbocycles. The van der Waals surface area contributed by atoms with Crippen molar-refractivity contribution in [3.05, 3.63) is 76.6 Å². The van der Waals surface area contributed by atoms with Gasteiger partial charge in [-0.3, -0.25) is 0 Å². The minimum atomic E-state index is -4.90. The molecule has 1 atom stereocenters. The lowest BCUT2D eigenvalue weighted by molar-refractivity contribution is -0.275. The van der Waals surface area contributed by atoms with Gasteiger partial charge in [-0.25, -0.2) is 4.39 Å². The van der Waals surface area contributed by atoms with Crippen molar-refractivity contribution < 1.29 is 22.3 Å². The van der Waals surface area contributed by atoms with E-state index in [0.29, 0.717) is 12.8 Å². The molecule has 176 valence electrons. The lowest BCUT2D eigenvalue weighted by Crippen LogP contribution is -2.19. The van der Waals surface area contributed by atoms with Crippen LogP contribution in [0.25, 0.3) is 10.8 Å². The van der Waals surface area contributed by atoms with Crippen LogP contribution in [-0.4, -0.2) is 6.36 Å². The average Bonchev–Trinajstić information content (AvgIpc) is 2.78. The van der Waals surface area contributed by atoms with Crippen LogP contribution in [0.5, 0.6) is 5.75 Å². The number of alkyl halides is 3. The SMILES string of the molecule is CCCCCCCc1ccc2cc(C3CCc4cc(OC(F)(F)F)c(F)cc4C3)ccc2c1. The number of hydrogen-bond donors (Lipinski definition) is 0. The number of aryl methyl sites for hydroxylation is 2. The van der Waals surface area contributed by atoms with E-state index >= 15 is 0 Å². The third-order valence-electron chi connectivity index (χ3n) is 6.68. The maximum atomic E-state index is 14.2. The molecule has 1 aliphatic rings. The summed E-state index contributed by atoms with van der Waals surface area (Å²) in [5.74, 6) is -1.49. The fraction of sp³-hybridized carbons (Fsp3) is 0.429. The van der Waals surface area contributed by atoms with Crippen molar-refractivity contribution in [3.63, 3.8) is 0 Å². The largest absolute Gasteiger partial charge is 0.573 e. The van der Waals surface area contributed by atoms with Crippen molar-refractivity contribution in [1.29, 1.82) is 0 Å². The molecule has 1 aliphatic carbocycles. The van der Waals surface area contributed by atoms with Crippen molar-refractivity contribution in [2.75, 3.05) is 0 Å². The molecule has 0 aromatic heterocycles. The van der Waals surface area contributed by atoms with Crippen LogP contribution in [0.2, 0.25) is 0 Å². The summed E-state index contributed by atoms with van der Waals surface area (Å²) < 4.78 is 55.6. The minimum Gasteiger partial charge on any atom is -0.403 e. The molecule has 0 saturated heterocycles. The quantitative estimate of drug-likeness (QED) is 0.242. The molecular weight excluding hydrogens is 428 g/mol. The van der Waals surface area contributed by atoms with Crippen molar-refractivity contribution in [2.45, 2.75) is 77.0 Å². The van der Waals surface area contributed by atoms with Gasteiger partial charge in [-0.1, -0.05) is 69.0 Å². The maximum absolute atomic E-state index is 14.2. The van der Waals surface area contributed by atoms with E-state index in [1.165, 1.54) is 66.1 Å². The van der Waals surface area contributed by atoms with Crippen LogP contribution in [0.15, 0.2) is 48.5 Å². The zero-order valence-corrected chi connectivity index (χ0v) is 19.0. The second-order valence-electron chi connectivity index (χ2n) is 9.14. The molecule has 0 heterocycles. The van der Waals surface area contributed by atoms with Gasteiger partial charge in [-0.15, -0.1) is 13.2 Å². The molecule has 0 aliphatic heterocycles. The Hall–Kier alpha value is -2.56. The monoisotopic (exact) mass is 458 g/mol. The zero-order valence-electron chi connectivity index (χ0n) is 19.0. The first-order chi connectivity index (χ1) is 15.8. The summed E-state index contributed by atoms with van der Waals surface area (Å²) in [5, 5.41) is 2.41. The minimum absolute atomic E-state index is 0.217. The highest BCUT2D eigenvalue weighted by molar-refractivity contribution is 5.84. The van der Waals surface area contributed by atoms with Gasteiger partial charge in [-0.2, -0.15) is 0 Å². The molecule has 3 aromatic rings. The topological polar surface area (TPSA) is 9.23 Å². The highest BCUT2D eigenvalue weighted by atomic mass is 19.4. The second-order valence-corrected chi connectivity index (χ2v) is 9.14. The highest BCUT2D eigenvalue weighted by Gasteiger charge is 2.33. The van der Waals surface area contributed by atoms with Crippen molar-refractivity contribution >= 4 is 10.8 Å². The van der Waals surface area contributed by atoms with Gasteiger partial charge in [0.1, 0.15) is 0 Å². The summed E-state index contributed by atoms with van der Waals surface area (Å²) in [5.41, 5.74) is 4.05. The van der Waals surface area contributed by atoms with Crippen LogP contribution in [-0.2, 0) is 19.3 Å². The lowest BCUT2D eigenvalue weighted by Gasteiger charge is -2.26.